The molecule has 3 nitrogen and oxygen atoms in total. The van der Waals surface area contributed by atoms with Gasteiger partial charge in [-0.15, -0.1) is 0 Å². The van der Waals surface area contributed by atoms with Crippen LogP contribution >= 0.6 is 0 Å². The Bertz CT molecular complexity index is 817. The van der Waals surface area contributed by atoms with Gasteiger partial charge in [-0.2, -0.15) is 5.10 Å². The van der Waals surface area contributed by atoms with Crippen LogP contribution in [0.25, 0.3) is 0 Å². The standard InChI is InChI=1S/C22H25FN2O/c1-14(15-7-11-18(23)12-8-15)24-25-21(26)20-13-19(20)16-5-9-17(10-6-16)22(2,3)4/h5-12,19-20H,13H2,1-4H3,(H,25,26)/b24-14+. The van der Waals surface area contributed by atoms with Crippen molar-refractivity contribution in [3.8, 4) is 0 Å². The van der Waals surface area contributed by atoms with Crippen LogP contribution in [0.3, 0.4) is 0 Å². The second-order valence-electron chi connectivity index (χ2n) is 8.00. The van der Waals surface area contributed by atoms with Gasteiger partial charge in [0.25, 0.3) is 0 Å². The highest BCUT2D eigenvalue weighted by Crippen LogP contribution is 2.47. The summed E-state index contributed by atoms with van der Waals surface area (Å²) in [4.78, 5) is 12.3. The largest absolute Gasteiger partial charge is 0.273 e. The fraction of sp³-hybridized carbons (Fsp3) is 0.364. The summed E-state index contributed by atoms with van der Waals surface area (Å²) in [7, 11) is 0. The molecule has 1 saturated carbocycles. The van der Waals surface area contributed by atoms with E-state index in [0.29, 0.717) is 5.71 Å². The lowest BCUT2D eigenvalue weighted by Gasteiger charge is -2.19. The quantitative estimate of drug-likeness (QED) is 0.625. The molecule has 0 spiro atoms. The van der Waals surface area contributed by atoms with Gasteiger partial charge >= 0.3 is 0 Å². The van der Waals surface area contributed by atoms with Gasteiger partial charge in [0.1, 0.15) is 5.82 Å². The summed E-state index contributed by atoms with van der Waals surface area (Å²) in [5, 5.41) is 4.15. The molecule has 1 aliphatic rings. The first-order chi connectivity index (χ1) is 12.3. The molecule has 1 N–H and O–H groups in total. The average molecular weight is 352 g/mol. The zero-order chi connectivity index (χ0) is 18.9. The summed E-state index contributed by atoms with van der Waals surface area (Å²) >= 11 is 0. The van der Waals surface area contributed by atoms with E-state index in [1.807, 2.05) is 0 Å². The monoisotopic (exact) mass is 352 g/mol. The Labute approximate surface area is 154 Å². The molecule has 136 valence electrons. The molecule has 0 aromatic heterocycles. The first-order valence-corrected chi connectivity index (χ1v) is 8.96. The van der Waals surface area contributed by atoms with Gasteiger partial charge in [-0.1, -0.05) is 57.2 Å². The van der Waals surface area contributed by atoms with Crippen molar-refractivity contribution in [2.24, 2.45) is 11.0 Å². The van der Waals surface area contributed by atoms with E-state index < -0.39 is 0 Å². The van der Waals surface area contributed by atoms with Gasteiger partial charge < -0.3 is 0 Å². The third-order valence-electron chi connectivity index (χ3n) is 4.93. The lowest BCUT2D eigenvalue weighted by molar-refractivity contribution is -0.122. The third-order valence-corrected chi connectivity index (χ3v) is 4.93. The smallest absolute Gasteiger partial charge is 0.243 e. The van der Waals surface area contributed by atoms with Crippen LogP contribution in [0.2, 0.25) is 0 Å². The fourth-order valence-corrected chi connectivity index (χ4v) is 3.06. The van der Waals surface area contributed by atoms with Gasteiger partial charge in [-0.05, 0) is 53.5 Å². The summed E-state index contributed by atoms with van der Waals surface area (Å²) in [6.45, 7) is 8.37. The second-order valence-corrected chi connectivity index (χ2v) is 8.00. The summed E-state index contributed by atoms with van der Waals surface area (Å²) in [5.74, 6) is -0.106. The highest BCUT2D eigenvalue weighted by Gasteiger charge is 2.44. The zero-order valence-corrected chi connectivity index (χ0v) is 15.7. The molecule has 0 aliphatic heterocycles. The number of carbonyl (C=O) groups is 1. The van der Waals surface area contributed by atoms with E-state index >= 15 is 0 Å². The Kier molecular flexibility index (Phi) is 4.94. The molecule has 2 unspecified atom stereocenters. The first kappa shape index (κ1) is 18.3. The molecule has 0 bridgehead atoms. The molecule has 3 rings (SSSR count). The van der Waals surface area contributed by atoms with Gasteiger partial charge in [-0.3, -0.25) is 4.79 Å². The van der Waals surface area contributed by atoms with Crippen LogP contribution in [0.4, 0.5) is 4.39 Å². The number of amides is 1. The highest BCUT2D eigenvalue weighted by atomic mass is 19.1. The molecule has 2 aromatic carbocycles. The fourth-order valence-electron chi connectivity index (χ4n) is 3.06. The van der Waals surface area contributed by atoms with Crippen molar-refractivity contribution in [1.82, 2.24) is 5.43 Å². The van der Waals surface area contributed by atoms with Crippen LogP contribution in [0.1, 0.15) is 56.7 Å². The number of halogens is 1. The minimum absolute atomic E-state index is 0.0275. The van der Waals surface area contributed by atoms with Crippen LogP contribution in [0, 0.1) is 11.7 Å². The predicted octanol–water partition coefficient (Wildman–Crippen LogP) is 4.77. The van der Waals surface area contributed by atoms with Crippen molar-refractivity contribution in [2.75, 3.05) is 0 Å². The first-order valence-electron chi connectivity index (χ1n) is 8.96. The molecular weight excluding hydrogens is 327 g/mol. The topological polar surface area (TPSA) is 41.5 Å². The normalized spacial score (nSPS) is 20.0. The molecule has 26 heavy (non-hydrogen) atoms. The minimum atomic E-state index is -0.288. The van der Waals surface area contributed by atoms with E-state index in [4.69, 9.17) is 0 Å². The Morgan fingerprint density at radius 3 is 2.27 bits per heavy atom. The molecule has 2 aromatic rings. The number of nitrogens with one attached hydrogen (secondary N) is 1. The zero-order valence-electron chi connectivity index (χ0n) is 15.7. The lowest BCUT2D eigenvalue weighted by atomic mass is 9.86. The Morgan fingerprint density at radius 1 is 1.08 bits per heavy atom. The SMILES string of the molecule is C/C(=N\NC(=O)C1CC1c1ccc(C(C)(C)C)cc1)c1ccc(F)cc1. The van der Waals surface area contributed by atoms with Crippen molar-refractivity contribution in [2.45, 2.75) is 45.4 Å². The van der Waals surface area contributed by atoms with Gasteiger partial charge in [0.05, 0.1) is 5.71 Å². The van der Waals surface area contributed by atoms with E-state index in [0.717, 1.165) is 12.0 Å². The third kappa shape index (κ3) is 4.18. The van der Waals surface area contributed by atoms with Gasteiger partial charge in [-0.25, -0.2) is 9.82 Å². The Hall–Kier alpha value is -2.49. The summed E-state index contributed by atoms with van der Waals surface area (Å²) in [6, 6.07) is 14.6. The van der Waals surface area contributed by atoms with E-state index in [2.05, 4.69) is 55.6 Å². The number of hydrazone groups is 1. The van der Waals surface area contributed by atoms with E-state index in [1.165, 1.54) is 23.3 Å². The Morgan fingerprint density at radius 2 is 1.69 bits per heavy atom. The minimum Gasteiger partial charge on any atom is -0.273 e. The molecule has 0 saturated heterocycles. The molecule has 1 amide bonds. The molecule has 0 radical (unpaired) electrons. The van der Waals surface area contributed by atoms with Crippen LogP contribution in [0.15, 0.2) is 53.6 Å². The van der Waals surface area contributed by atoms with Gasteiger partial charge in [0, 0.05) is 5.92 Å². The molecule has 1 aliphatic carbocycles. The molecule has 2 atom stereocenters. The number of carbonyl (C=O) groups excluding carboxylic acids is 1. The van der Waals surface area contributed by atoms with Crippen LogP contribution in [0.5, 0.6) is 0 Å². The van der Waals surface area contributed by atoms with E-state index in [1.54, 1.807) is 19.1 Å². The molecule has 1 fully saturated rings. The number of hydrogen-bond acceptors (Lipinski definition) is 2. The summed E-state index contributed by atoms with van der Waals surface area (Å²) in [6.07, 6.45) is 0.853. The van der Waals surface area contributed by atoms with Crippen molar-refractivity contribution in [1.29, 1.82) is 0 Å². The van der Waals surface area contributed by atoms with Crippen molar-refractivity contribution in [3.63, 3.8) is 0 Å². The van der Waals surface area contributed by atoms with Crippen molar-refractivity contribution >= 4 is 11.6 Å². The second kappa shape index (κ2) is 7.02. The number of rotatable bonds is 4. The average Bonchev–Trinajstić information content (AvgIpc) is 3.40. The van der Waals surface area contributed by atoms with Crippen LogP contribution < -0.4 is 5.43 Å². The van der Waals surface area contributed by atoms with E-state index in [-0.39, 0.29) is 29.0 Å². The molecule has 4 heteroatoms. The van der Waals surface area contributed by atoms with Gasteiger partial charge in [0.2, 0.25) is 5.91 Å². The van der Waals surface area contributed by atoms with Gasteiger partial charge in [0.15, 0.2) is 0 Å². The Balaban J connectivity index is 1.59. The van der Waals surface area contributed by atoms with Crippen molar-refractivity contribution in [3.05, 3.63) is 71.0 Å². The number of hydrogen-bond donors (Lipinski definition) is 1. The maximum Gasteiger partial charge on any atom is 0.243 e. The number of benzene rings is 2. The maximum atomic E-state index is 13.0. The summed E-state index contributed by atoms with van der Waals surface area (Å²) < 4.78 is 13.0. The predicted molar refractivity (Wildman–Crippen MR) is 103 cm³/mol. The van der Waals surface area contributed by atoms with E-state index in [9.17, 15) is 9.18 Å². The van der Waals surface area contributed by atoms with Crippen LogP contribution in [-0.2, 0) is 10.2 Å². The maximum absolute atomic E-state index is 13.0. The number of nitrogens with zero attached hydrogens (tertiary/aromatic N) is 1. The molecule has 0 heterocycles. The highest BCUT2D eigenvalue weighted by molar-refractivity contribution is 5.99. The summed E-state index contributed by atoms with van der Waals surface area (Å²) in [5.41, 5.74) is 6.72. The lowest BCUT2D eigenvalue weighted by Crippen LogP contribution is -2.21. The van der Waals surface area contributed by atoms with Crippen molar-refractivity contribution < 1.29 is 9.18 Å². The molecular formula is C22H25FN2O. The van der Waals surface area contributed by atoms with Crippen LogP contribution in [-0.4, -0.2) is 11.6 Å².